The second kappa shape index (κ2) is 11.9. The van der Waals surface area contributed by atoms with E-state index in [1.807, 2.05) is 4.90 Å². The fourth-order valence-electron chi connectivity index (χ4n) is 4.96. The Morgan fingerprint density at radius 3 is 2.69 bits per heavy atom. The number of aromatic nitrogens is 5. The highest BCUT2D eigenvalue weighted by Gasteiger charge is 2.23. The lowest BCUT2D eigenvalue weighted by Crippen LogP contribution is -2.47. The quantitative estimate of drug-likeness (QED) is 0.230. The molecule has 0 aliphatic carbocycles. The van der Waals surface area contributed by atoms with Crippen molar-refractivity contribution in [3.05, 3.63) is 52.1 Å². The first kappa shape index (κ1) is 27.8. The van der Waals surface area contributed by atoms with E-state index in [9.17, 15) is 14.0 Å². The van der Waals surface area contributed by atoms with Crippen LogP contribution in [0.5, 0.6) is 5.75 Å². The molecule has 1 aliphatic heterocycles. The normalized spacial score (nSPS) is 14.3. The summed E-state index contributed by atoms with van der Waals surface area (Å²) in [6, 6.07) is 8.16. The molecule has 5 heterocycles. The number of piperazine rings is 1. The van der Waals surface area contributed by atoms with E-state index < -0.39 is 5.82 Å². The van der Waals surface area contributed by atoms with Gasteiger partial charge in [-0.2, -0.15) is 9.50 Å². The lowest BCUT2D eigenvalue weighted by atomic mass is 10.2. The minimum atomic E-state index is -0.398. The number of anilines is 2. The van der Waals surface area contributed by atoms with Crippen molar-refractivity contribution in [3.63, 3.8) is 0 Å². The van der Waals surface area contributed by atoms with E-state index in [0.717, 1.165) is 11.3 Å². The van der Waals surface area contributed by atoms with E-state index in [2.05, 4.69) is 20.0 Å². The molecule has 6 rings (SSSR count). The van der Waals surface area contributed by atoms with Gasteiger partial charge in [0, 0.05) is 51.8 Å². The summed E-state index contributed by atoms with van der Waals surface area (Å²) in [5, 5.41) is 4.39. The Morgan fingerprint density at radius 2 is 1.95 bits per heavy atom. The number of nitrogens with zero attached hydrogens (tertiary/aromatic N) is 7. The molecule has 0 atom stereocenters. The molecule has 5 aromatic rings. The van der Waals surface area contributed by atoms with E-state index in [0.29, 0.717) is 97.7 Å². The van der Waals surface area contributed by atoms with Gasteiger partial charge in [0.25, 0.3) is 0 Å². The number of carbonyl (C=O) groups excluding carboxylic acids is 1. The van der Waals surface area contributed by atoms with Crippen molar-refractivity contribution in [2.75, 3.05) is 56.5 Å². The number of ether oxygens (including phenoxy) is 1. The van der Waals surface area contributed by atoms with Gasteiger partial charge in [-0.1, -0.05) is 11.3 Å². The van der Waals surface area contributed by atoms with Crippen molar-refractivity contribution in [2.45, 2.75) is 19.4 Å². The standard InChI is InChI=1S/C27H30FN9O4S/c28-19-15-18(41-16-17(38)3-1-7-29)5-6-20(19)35-11-8-34(9-12-35)10-13-36-24-22(42-27(36)39)25-31-23(21-4-2-14-40-21)33-37(25)26(30)32-24/h2,4-6,14-15H,1,3,7-13,16,29H2,(H2,30,32). The Labute approximate surface area is 243 Å². The Kier molecular flexibility index (Phi) is 7.86. The number of fused-ring (bicyclic) bond motifs is 3. The first-order valence-corrected chi connectivity index (χ1v) is 14.4. The van der Waals surface area contributed by atoms with Gasteiger partial charge in [-0.15, -0.1) is 5.10 Å². The molecule has 4 N–H and O–H groups in total. The van der Waals surface area contributed by atoms with Crippen molar-refractivity contribution in [1.82, 2.24) is 29.0 Å². The molecule has 0 saturated carbocycles. The summed E-state index contributed by atoms with van der Waals surface area (Å²) in [4.78, 5) is 37.8. The minimum absolute atomic E-state index is 0.0657. The number of hydrogen-bond donors (Lipinski definition) is 2. The Hall–Kier alpha value is -4.34. The third-order valence-electron chi connectivity index (χ3n) is 7.19. The SMILES string of the molecule is NCCCC(=O)COc1ccc(N2CCN(CCn3c(=O)sc4c3nc(N)n3nc(-c5ccco5)nc43)CC2)c(F)c1. The molecular formula is C27H30FN9O4S. The maximum atomic E-state index is 14.9. The molecule has 15 heteroatoms. The Balaban J connectivity index is 1.08. The van der Waals surface area contributed by atoms with Crippen LogP contribution in [0.15, 0.2) is 45.8 Å². The molecule has 220 valence electrons. The zero-order chi connectivity index (χ0) is 29.2. The van der Waals surface area contributed by atoms with Crippen molar-refractivity contribution in [1.29, 1.82) is 0 Å². The fraction of sp³-hybridized carbons (Fsp3) is 0.370. The van der Waals surface area contributed by atoms with Gasteiger partial charge in [0.1, 0.15) is 22.9 Å². The monoisotopic (exact) mass is 595 g/mol. The van der Waals surface area contributed by atoms with Crippen LogP contribution >= 0.6 is 11.3 Å². The summed E-state index contributed by atoms with van der Waals surface area (Å²) in [6.07, 6.45) is 2.49. The molecule has 1 fully saturated rings. The van der Waals surface area contributed by atoms with Gasteiger partial charge in [-0.05, 0) is 37.2 Å². The van der Waals surface area contributed by atoms with Gasteiger partial charge in [0.05, 0.1) is 12.0 Å². The van der Waals surface area contributed by atoms with Crippen molar-refractivity contribution < 1.29 is 18.3 Å². The molecule has 13 nitrogen and oxygen atoms in total. The van der Waals surface area contributed by atoms with Crippen molar-refractivity contribution >= 4 is 44.8 Å². The number of nitrogens with two attached hydrogens (primary N) is 2. The van der Waals surface area contributed by atoms with Crippen LogP contribution in [-0.4, -0.2) is 80.7 Å². The van der Waals surface area contributed by atoms with Gasteiger partial charge in [0.2, 0.25) is 11.8 Å². The first-order chi connectivity index (χ1) is 20.4. The molecule has 4 aromatic heterocycles. The highest BCUT2D eigenvalue weighted by Crippen LogP contribution is 2.27. The highest BCUT2D eigenvalue weighted by molar-refractivity contribution is 7.17. The zero-order valence-electron chi connectivity index (χ0n) is 22.7. The van der Waals surface area contributed by atoms with E-state index >= 15 is 0 Å². The molecule has 0 unspecified atom stereocenters. The van der Waals surface area contributed by atoms with Crippen molar-refractivity contribution in [2.24, 2.45) is 5.73 Å². The van der Waals surface area contributed by atoms with Crippen molar-refractivity contribution in [3.8, 4) is 17.3 Å². The molecule has 1 saturated heterocycles. The third kappa shape index (κ3) is 5.57. The summed E-state index contributed by atoms with van der Waals surface area (Å²) >= 11 is 1.06. The summed E-state index contributed by atoms with van der Waals surface area (Å²) in [5.74, 6) is 0.832. The fourth-order valence-corrected chi connectivity index (χ4v) is 5.89. The number of Topliss-reactive ketones (excluding diaryl/α,β-unsaturated/α-hetero) is 1. The Bertz CT molecular complexity index is 1770. The summed E-state index contributed by atoms with van der Waals surface area (Å²) < 4.78 is 29.4. The number of benzene rings is 1. The number of thiazole rings is 1. The number of hydrogen-bond acceptors (Lipinski definition) is 12. The van der Waals surface area contributed by atoms with Crippen LogP contribution in [0.4, 0.5) is 16.0 Å². The van der Waals surface area contributed by atoms with Crippen LogP contribution in [0.1, 0.15) is 12.8 Å². The van der Waals surface area contributed by atoms with Crippen LogP contribution in [-0.2, 0) is 11.3 Å². The number of nitrogen functional groups attached to an aromatic ring is 1. The molecule has 0 radical (unpaired) electrons. The van der Waals surface area contributed by atoms with Gasteiger partial charge in [-0.25, -0.2) is 9.37 Å². The van der Waals surface area contributed by atoms with E-state index in [4.69, 9.17) is 20.6 Å². The largest absolute Gasteiger partial charge is 0.486 e. The van der Waals surface area contributed by atoms with E-state index in [1.54, 1.807) is 28.8 Å². The average Bonchev–Trinajstić information content (AvgIpc) is 3.74. The van der Waals surface area contributed by atoms with Gasteiger partial charge in [0.15, 0.2) is 22.8 Å². The summed E-state index contributed by atoms with van der Waals surface area (Å²) in [7, 11) is 0. The molecule has 42 heavy (non-hydrogen) atoms. The second-order valence-electron chi connectivity index (χ2n) is 9.95. The number of furan rings is 1. The van der Waals surface area contributed by atoms with Gasteiger partial charge in [-0.3, -0.25) is 19.1 Å². The maximum Gasteiger partial charge on any atom is 0.309 e. The van der Waals surface area contributed by atoms with Crippen LogP contribution in [0.25, 0.3) is 27.6 Å². The van der Waals surface area contributed by atoms with E-state index in [-0.39, 0.29) is 23.2 Å². The third-order valence-corrected chi connectivity index (χ3v) is 8.15. The molecule has 0 amide bonds. The van der Waals surface area contributed by atoms with Gasteiger partial charge >= 0.3 is 4.87 Å². The minimum Gasteiger partial charge on any atom is -0.486 e. The highest BCUT2D eigenvalue weighted by atomic mass is 32.1. The van der Waals surface area contributed by atoms with Gasteiger partial charge < -0.3 is 25.5 Å². The maximum absolute atomic E-state index is 14.9. The lowest BCUT2D eigenvalue weighted by molar-refractivity contribution is -0.121. The van der Waals surface area contributed by atoms with Crippen LogP contribution < -0.4 is 26.0 Å². The second-order valence-corrected chi connectivity index (χ2v) is 10.9. The Morgan fingerprint density at radius 1 is 1.12 bits per heavy atom. The predicted octanol–water partition coefficient (Wildman–Crippen LogP) is 1.99. The van der Waals surface area contributed by atoms with Crippen LogP contribution in [0.3, 0.4) is 0 Å². The summed E-state index contributed by atoms with van der Waals surface area (Å²) in [6.45, 7) is 4.01. The summed E-state index contributed by atoms with van der Waals surface area (Å²) in [5.41, 5.74) is 13.0. The number of carbonyl (C=O) groups is 1. The number of rotatable bonds is 11. The molecule has 0 bridgehead atoms. The zero-order valence-corrected chi connectivity index (χ0v) is 23.6. The molecular weight excluding hydrogens is 565 g/mol. The number of ketones is 1. The van der Waals surface area contributed by atoms with Crippen LogP contribution in [0.2, 0.25) is 0 Å². The molecule has 1 aliphatic rings. The topological polar surface area (TPSA) is 163 Å². The first-order valence-electron chi connectivity index (χ1n) is 13.6. The van der Waals surface area contributed by atoms with Crippen LogP contribution in [0, 0.1) is 5.82 Å². The lowest BCUT2D eigenvalue weighted by Gasteiger charge is -2.36. The molecule has 1 aromatic carbocycles. The average molecular weight is 596 g/mol. The smallest absolute Gasteiger partial charge is 0.309 e. The van der Waals surface area contributed by atoms with E-state index in [1.165, 1.54) is 16.8 Å². The molecule has 0 spiro atoms. The predicted molar refractivity (Wildman–Crippen MR) is 156 cm³/mol. The number of halogens is 1.